The molecule has 1 aromatic carbocycles. The molecule has 0 radical (unpaired) electrons. The van der Waals surface area contributed by atoms with Gasteiger partial charge in [-0.1, -0.05) is 37.6 Å². The Bertz CT molecular complexity index is 1180. The van der Waals surface area contributed by atoms with Gasteiger partial charge in [0.1, 0.15) is 6.04 Å². The molecule has 3 aliphatic heterocycles. The van der Waals surface area contributed by atoms with Gasteiger partial charge in [-0.3, -0.25) is 19.3 Å². The number of nitrogens with zero attached hydrogens (tertiary/aromatic N) is 3. The summed E-state index contributed by atoms with van der Waals surface area (Å²) in [5.41, 5.74) is 4.19. The van der Waals surface area contributed by atoms with Crippen LogP contribution < -0.4 is 5.32 Å². The molecule has 9 heteroatoms. The van der Waals surface area contributed by atoms with E-state index in [4.69, 9.17) is 4.74 Å². The van der Waals surface area contributed by atoms with Crippen LogP contribution in [-0.4, -0.2) is 77.3 Å². The van der Waals surface area contributed by atoms with Crippen molar-refractivity contribution in [2.24, 2.45) is 11.8 Å². The third kappa shape index (κ3) is 5.68. The Morgan fingerprint density at radius 1 is 1.15 bits per heavy atom. The van der Waals surface area contributed by atoms with E-state index in [-0.39, 0.29) is 42.2 Å². The first kappa shape index (κ1) is 28.6. The van der Waals surface area contributed by atoms with Crippen molar-refractivity contribution in [2.45, 2.75) is 72.9 Å². The molecule has 0 unspecified atom stereocenters. The quantitative estimate of drug-likeness (QED) is 0.509. The number of likely N-dealkylation sites (N-methyl/N-ethyl adjacent to an activating group) is 1. The second-order valence-corrected chi connectivity index (χ2v) is 11.3. The number of hydrogen-bond acceptors (Lipinski definition) is 5. The monoisotopic (exact) mass is 538 g/mol. The molecule has 39 heavy (non-hydrogen) atoms. The van der Waals surface area contributed by atoms with E-state index in [1.165, 1.54) is 0 Å². The highest BCUT2D eigenvalue weighted by Gasteiger charge is 2.48. The van der Waals surface area contributed by atoms with Crippen molar-refractivity contribution in [1.29, 1.82) is 0 Å². The lowest BCUT2D eigenvalue weighted by Gasteiger charge is -2.37. The van der Waals surface area contributed by atoms with Gasteiger partial charge in [0.15, 0.2) is 0 Å². The van der Waals surface area contributed by atoms with E-state index in [1.54, 1.807) is 21.6 Å². The van der Waals surface area contributed by atoms with Crippen LogP contribution in [0.15, 0.2) is 29.5 Å². The fraction of sp³-hybridized carbons (Fsp3) is 0.600. The molecule has 3 heterocycles. The van der Waals surface area contributed by atoms with Crippen LogP contribution in [0.3, 0.4) is 0 Å². The van der Waals surface area contributed by atoms with Gasteiger partial charge >= 0.3 is 12.0 Å². The van der Waals surface area contributed by atoms with Gasteiger partial charge in [-0.15, -0.1) is 0 Å². The lowest BCUT2D eigenvalue weighted by molar-refractivity contribution is -0.153. The lowest BCUT2D eigenvalue weighted by Crippen LogP contribution is -2.53. The minimum Gasteiger partial charge on any atom is -0.466 e. The van der Waals surface area contributed by atoms with Crippen LogP contribution in [-0.2, 0) is 19.1 Å². The highest BCUT2D eigenvalue weighted by Crippen LogP contribution is 2.39. The van der Waals surface area contributed by atoms with Crippen LogP contribution >= 0.6 is 0 Å². The number of piperidine rings is 1. The number of likely N-dealkylation sites (tertiary alicyclic amines) is 1. The number of nitrogens with one attached hydrogen (secondary N) is 1. The van der Waals surface area contributed by atoms with E-state index in [0.29, 0.717) is 56.8 Å². The van der Waals surface area contributed by atoms with Crippen molar-refractivity contribution < 1.29 is 23.9 Å². The van der Waals surface area contributed by atoms with Gasteiger partial charge in [-0.05, 0) is 64.0 Å². The minimum atomic E-state index is -0.683. The molecule has 9 nitrogen and oxygen atoms in total. The van der Waals surface area contributed by atoms with Crippen LogP contribution in [0.2, 0.25) is 0 Å². The summed E-state index contributed by atoms with van der Waals surface area (Å²) in [5.74, 6) is -0.826. The Hall–Kier alpha value is -3.36. The molecule has 0 bridgehead atoms. The molecule has 212 valence electrons. The van der Waals surface area contributed by atoms with Gasteiger partial charge in [0.05, 0.1) is 36.4 Å². The van der Waals surface area contributed by atoms with Gasteiger partial charge in [0.25, 0.3) is 5.91 Å². The van der Waals surface area contributed by atoms with Gasteiger partial charge < -0.3 is 19.9 Å². The summed E-state index contributed by atoms with van der Waals surface area (Å²) in [5, 5.41) is 3.05. The average molecular weight is 539 g/mol. The molecule has 0 saturated carbocycles. The number of carbonyl (C=O) groups excluding carboxylic acids is 4. The largest absolute Gasteiger partial charge is 0.466 e. The number of ether oxygens (including phenoxy) is 1. The number of amides is 4. The third-order valence-corrected chi connectivity index (χ3v) is 8.01. The predicted molar refractivity (Wildman–Crippen MR) is 147 cm³/mol. The Morgan fingerprint density at radius 2 is 1.90 bits per heavy atom. The topological polar surface area (TPSA) is 99.3 Å². The molecule has 1 N–H and O–H groups in total. The maximum absolute atomic E-state index is 14.2. The molecule has 4 amide bonds. The number of benzene rings is 1. The number of aryl methyl sites for hydroxylation is 2. The van der Waals surface area contributed by atoms with Gasteiger partial charge in [0, 0.05) is 19.6 Å². The van der Waals surface area contributed by atoms with E-state index in [1.807, 2.05) is 52.8 Å². The average Bonchev–Trinajstić information content (AvgIpc) is 3.23. The zero-order valence-electron chi connectivity index (χ0n) is 24.1. The van der Waals surface area contributed by atoms with Crippen molar-refractivity contribution in [3.05, 3.63) is 46.2 Å². The molecule has 1 saturated heterocycles. The molecule has 1 fully saturated rings. The molecule has 0 aliphatic carbocycles. The summed E-state index contributed by atoms with van der Waals surface area (Å²) >= 11 is 0. The number of carbonyl (C=O) groups is 4. The molecule has 3 aliphatic rings. The third-order valence-electron chi connectivity index (χ3n) is 8.01. The first-order chi connectivity index (χ1) is 18.6. The maximum Gasteiger partial charge on any atom is 0.322 e. The summed E-state index contributed by atoms with van der Waals surface area (Å²) in [6.45, 7) is 13.5. The van der Waals surface area contributed by atoms with Crippen molar-refractivity contribution in [3.8, 4) is 0 Å². The molecular formula is C30H42N4O5. The van der Waals surface area contributed by atoms with Gasteiger partial charge in [0.2, 0.25) is 5.91 Å². The molecular weight excluding hydrogens is 496 g/mol. The Kier molecular flexibility index (Phi) is 8.67. The standard InChI is InChI=1S/C30H42N4O5/c1-7-33-24-17-34(28(36)25(24)26(31-30(33)38)22-12-11-19(5)15-20(22)6)23(14-18(3)4)27(35)32-13-9-10-21(16-32)29(37)39-8-2/h11-12,15,18,21,23,26H,7-10,13-14,16-17H2,1-6H3,(H,31,38)/t21-,23+,26+/m1/s1. The van der Waals surface area contributed by atoms with E-state index in [0.717, 1.165) is 16.7 Å². The highest BCUT2D eigenvalue weighted by atomic mass is 16.5. The first-order valence-electron chi connectivity index (χ1n) is 14.2. The molecule has 0 aromatic heterocycles. The zero-order chi connectivity index (χ0) is 28.4. The van der Waals surface area contributed by atoms with Gasteiger partial charge in [-0.2, -0.15) is 0 Å². The van der Waals surface area contributed by atoms with Crippen molar-refractivity contribution >= 4 is 23.8 Å². The smallest absolute Gasteiger partial charge is 0.322 e. The Balaban J connectivity index is 1.66. The summed E-state index contributed by atoms with van der Waals surface area (Å²) in [4.78, 5) is 58.8. The molecule has 0 spiro atoms. The molecule has 3 atom stereocenters. The van der Waals surface area contributed by atoms with Crippen molar-refractivity contribution in [3.63, 3.8) is 0 Å². The number of esters is 1. The highest BCUT2D eigenvalue weighted by molar-refractivity contribution is 6.03. The molecule has 4 rings (SSSR count). The number of urea groups is 1. The van der Waals surface area contributed by atoms with Crippen LogP contribution in [0.1, 0.15) is 69.7 Å². The van der Waals surface area contributed by atoms with E-state index in [9.17, 15) is 19.2 Å². The second-order valence-electron chi connectivity index (χ2n) is 11.3. The normalized spacial score (nSPS) is 22.3. The summed E-state index contributed by atoms with van der Waals surface area (Å²) in [6, 6.07) is 4.50. The summed E-state index contributed by atoms with van der Waals surface area (Å²) in [6.07, 6.45) is 1.89. The first-order valence-corrected chi connectivity index (χ1v) is 14.2. The van der Waals surface area contributed by atoms with Crippen molar-refractivity contribution in [2.75, 3.05) is 32.8 Å². The van der Waals surface area contributed by atoms with Crippen LogP contribution in [0, 0.1) is 25.7 Å². The minimum absolute atomic E-state index is 0.142. The van der Waals surface area contributed by atoms with Crippen molar-refractivity contribution in [1.82, 2.24) is 20.0 Å². The Morgan fingerprint density at radius 3 is 2.54 bits per heavy atom. The summed E-state index contributed by atoms with van der Waals surface area (Å²) < 4.78 is 5.23. The Labute approximate surface area is 231 Å². The van der Waals surface area contributed by atoms with Crippen LogP contribution in [0.5, 0.6) is 0 Å². The maximum atomic E-state index is 14.2. The van der Waals surface area contributed by atoms with Crippen LogP contribution in [0.25, 0.3) is 0 Å². The second kappa shape index (κ2) is 11.8. The number of hydrogen-bond donors (Lipinski definition) is 1. The SMILES string of the molecule is CCOC(=O)[C@@H]1CCCN(C(=O)[C@H](CC(C)C)N2CC3=C(C2=O)[C@H](c2ccc(C)cc2C)NC(=O)N3CC)C1. The van der Waals surface area contributed by atoms with Crippen LogP contribution in [0.4, 0.5) is 4.79 Å². The van der Waals surface area contributed by atoms with E-state index >= 15 is 0 Å². The lowest BCUT2D eigenvalue weighted by atomic mass is 9.91. The van der Waals surface area contributed by atoms with Gasteiger partial charge in [-0.25, -0.2) is 4.79 Å². The van der Waals surface area contributed by atoms with E-state index in [2.05, 4.69) is 5.32 Å². The fourth-order valence-corrected chi connectivity index (χ4v) is 6.13. The fourth-order valence-electron chi connectivity index (χ4n) is 6.13. The summed E-state index contributed by atoms with van der Waals surface area (Å²) in [7, 11) is 0. The zero-order valence-corrected chi connectivity index (χ0v) is 24.1. The van der Waals surface area contributed by atoms with E-state index < -0.39 is 12.1 Å². The number of rotatable bonds is 8. The molecule has 1 aromatic rings. The predicted octanol–water partition coefficient (Wildman–Crippen LogP) is 3.70.